The molecule has 0 aliphatic carbocycles. The summed E-state index contributed by atoms with van der Waals surface area (Å²) in [5.41, 5.74) is 0.730. The summed E-state index contributed by atoms with van der Waals surface area (Å²) in [6.45, 7) is 0. The highest BCUT2D eigenvalue weighted by Crippen LogP contribution is 2.24. The van der Waals surface area contributed by atoms with Crippen molar-refractivity contribution in [3.63, 3.8) is 0 Å². The second-order valence-electron chi connectivity index (χ2n) is 4.71. The lowest BCUT2D eigenvalue weighted by molar-refractivity contribution is -0.122. The highest BCUT2D eigenvalue weighted by molar-refractivity contribution is 6.39. The van der Waals surface area contributed by atoms with Crippen molar-refractivity contribution in [2.45, 2.75) is 0 Å². The number of urea groups is 1. The molecule has 1 N–H and O–H groups in total. The molecule has 0 saturated carbocycles. The van der Waals surface area contributed by atoms with Gasteiger partial charge in [0.15, 0.2) is 0 Å². The Morgan fingerprint density at radius 3 is 2.48 bits per heavy atom. The van der Waals surface area contributed by atoms with Crippen molar-refractivity contribution in [1.29, 1.82) is 0 Å². The number of carbonyl (C=O) groups excluding carboxylic acids is 3. The summed E-state index contributed by atoms with van der Waals surface area (Å²) in [6.07, 6.45) is 4.18. The number of furan rings is 1. The average Bonchev–Trinajstić information content (AvgIpc) is 3.05. The number of carbonyl (C=O) groups is 3. The molecule has 1 saturated heterocycles. The first-order valence-corrected chi connectivity index (χ1v) is 6.68. The van der Waals surface area contributed by atoms with E-state index in [0.29, 0.717) is 17.0 Å². The van der Waals surface area contributed by atoms with Gasteiger partial charge in [0.25, 0.3) is 11.8 Å². The molecule has 0 radical (unpaired) electrons. The predicted molar refractivity (Wildman–Crippen MR) is 80.7 cm³/mol. The number of hydrogen-bond acceptors (Lipinski definition) is 5. The number of hydrogen-bond donors (Lipinski definition) is 1. The second-order valence-corrected chi connectivity index (χ2v) is 4.71. The molecule has 1 fully saturated rings. The molecule has 2 heterocycles. The van der Waals surface area contributed by atoms with E-state index in [4.69, 9.17) is 9.15 Å². The zero-order valence-corrected chi connectivity index (χ0v) is 12.1. The number of barbiturate groups is 1. The van der Waals surface area contributed by atoms with Crippen LogP contribution in [0, 0.1) is 0 Å². The minimum atomic E-state index is -0.797. The number of ether oxygens (including phenoxy) is 1. The quantitative estimate of drug-likeness (QED) is 0.691. The van der Waals surface area contributed by atoms with E-state index in [1.807, 2.05) is 0 Å². The fourth-order valence-electron chi connectivity index (χ4n) is 2.15. The van der Waals surface area contributed by atoms with Gasteiger partial charge >= 0.3 is 6.03 Å². The highest BCUT2D eigenvalue weighted by atomic mass is 16.5. The number of rotatable bonds is 3. The molecule has 0 atom stereocenters. The monoisotopic (exact) mass is 312 g/mol. The van der Waals surface area contributed by atoms with Gasteiger partial charge in [-0.2, -0.15) is 0 Å². The zero-order chi connectivity index (χ0) is 16.4. The molecule has 116 valence electrons. The number of nitrogens with zero attached hydrogens (tertiary/aromatic N) is 1. The van der Waals surface area contributed by atoms with E-state index in [-0.39, 0.29) is 5.57 Å². The third-order valence-electron chi connectivity index (χ3n) is 3.29. The molecule has 1 aromatic heterocycles. The van der Waals surface area contributed by atoms with Gasteiger partial charge in [-0.25, -0.2) is 9.69 Å². The third-order valence-corrected chi connectivity index (χ3v) is 3.29. The Labute approximate surface area is 131 Å². The number of imide groups is 2. The topological polar surface area (TPSA) is 88.8 Å². The molecular formula is C16H12N2O5. The van der Waals surface area contributed by atoms with Gasteiger partial charge in [-0.3, -0.25) is 14.9 Å². The lowest BCUT2D eigenvalue weighted by Crippen LogP contribution is -2.54. The fourth-order valence-corrected chi connectivity index (χ4v) is 2.15. The van der Waals surface area contributed by atoms with Crippen LogP contribution in [0.25, 0.3) is 6.08 Å². The first kappa shape index (κ1) is 14.6. The number of methoxy groups -OCH3 is 1. The Balaban J connectivity index is 1.98. The van der Waals surface area contributed by atoms with Gasteiger partial charge in [0.05, 0.1) is 25.3 Å². The van der Waals surface area contributed by atoms with Crippen LogP contribution in [0.2, 0.25) is 0 Å². The van der Waals surface area contributed by atoms with Crippen LogP contribution in [0.1, 0.15) is 5.56 Å². The molecule has 0 bridgehead atoms. The van der Waals surface area contributed by atoms with Crippen molar-refractivity contribution >= 4 is 29.6 Å². The molecule has 1 aliphatic heterocycles. The molecule has 23 heavy (non-hydrogen) atoms. The standard InChI is InChI=1S/C16H12N2O5/c1-22-12-4-2-11(3-5-12)18-15(20)13(14(19)17-16(18)21)8-10-6-7-23-9-10/h2-9H,1H3,(H,17,19,21)/b13-8+. The summed E-state index contributed by atoms with van der Waals surface area (Å²) in [5, 5.41) is 2.15. The smallest absolute Gasteiger partial charge is 0.335 e. The first-order chi connectivity index (χ1) is 11.1. The minimum absolute atomic E-state index is 0.151. The average molecular weight is 312 g/mol. The Kier molecular flexibility index (Phi) is 3.68. The molecule has 0 unspecified atom stereocenters. The van der Waals surface area contributed by atoms with E-state index in [9.17, 15) is 14.4 Å². The summed E-state index contributed by atoms with van der Waals surface area (Å²) in [4.78, 5) is 37.4. The molecule has 7 nitrogen and oxygen atoms in total. The van der Waals surface area contributed by atoms with Gasteiger partial charge in [-0.1, -0.05) is 0 Å². The molecule has 0 spiro atoms. The molecule has 7 heteroatoms. The van der Waals surface area contributed by atoms with E-state index in [1.54, 1.807) is 30.3 Å². The number of amides is 4. The van der Waals surface area contributed by atoms with Crippen LogP contribution in [0.4, 0.5) is 10.5 Å². The van der Waals surface area contributed by atoms with Crippen LogP contribution < -0.4 is 15.0 Å². The Hall–Kier alpha value is -3.35. The lowest BCUT2D eigenvalue weighted by Gasteiger charge is -2.26. The predicted octanol–water partition coefficient (Wildman–Crippen LogP) is 1.95. The van der Waals surface area contributed by atoms with Gasteiger partial charge < -0.3 is 9.15 Å². The normalized spacial score (nSPS) is 16.7. The van der Waals surface area contributed by atoms with Crippen LogP contribution in [-0.4, -0.2) is 25.0 Å². The summed E-state index contributed by atoms with van der Waals surface area (Å²) in [6, 6.07) is 7.15. The van der Waals surface area contributed by atoms with Crippen molar-refractivity contribution in [2.24, 2.45) is 0 Å². The van der Waals surface area contributed by atoms with E-state index >= 15 is 0 Å². The van der Waals surface area contributed by atoms with Crippen molar-refractivity contribution in [3.8, 4) is 5.75 Å². The molecule has 1 aromatic carbocycles. The van der Waals surface area contributed by atoms with Gasteiger partial charge in [-0.05, 0) is 36.4 Å². The van der Waals surface area contributed by atoms with E-state index in [0.717, 1.165) is 4.90 Å². The maximum Gasteiger partial charge on any atom is 0.335 e. The maximum absolute atomic E-state index is 12.5. The van der Waals surface area contributed by atoms with Crippen molar-refractivity contribution in [3.05, 3.63) is 54.0 Å². The Bertz CT molecular complexity index is 790. The van der Waals surface area contributed by atoms with Gasteiger partial charge in [0, 0.05) is 5.56 Å². The maximum atomic E-state index is 12.5. The summed E-state index contributed by atoms with van der Waals surface area (Å²) < 4.78 is 9.94. The molecule has 4 amide bonds. The van der Waals surface area contributed by atoms with Crippen LogP contribution in [0.15, 0.2) is 52.8 Å². The van der Waals surface area contributed by atoms with Crippen LogP contribution in [-0.2, 0) is 9.59 Å². The molecule has 2 aromatic rings. The van der Waals surface area contributed by atoms with Crippen LogP contribution in [0.3, 0.4) is 0 Å². The first-order valence-electron chi connectivity index (χ1n) is 6.68. The van der Waals surface area contributed by atoms with E-state index in [2.05, 4.69) is 5.32 Å². The van der Waals surface area contributed by atoms with Crippen LogP contribution >= 0.6 is 0 Å². The SMILES string of the molecule is COc1ccc(N2C(=O)NC(=O)/C(=C\c3ccoc3)C2=O)cc1. The van der Waals surface area contributed by atoms with E-state index < -0.39 is 17.8 Å². The van der Waals surface area contributed by atoms with Gasteiger partial charge in [-0.15, -0.1) is 0 Å². The second kappa shape index (κ2) is 5.80. The molecular weight excluding hydrogens is 300 g/mol. The Morgan fingerprint density at radius 1 is 1.13 bits per heavy atom. The summed E-state index contributed by atoms with van der Waals surface area (Å²) >= 11 is 0. The third kappa shape index (κ3) is 2.71. The molecule has 1 aliphatic rings. The number of benzene rings is 1. The fraction of sp³-hybridized carbons (Fsp3) is 0.0625. The lowest BCUT2D eigenvalue weighted by atomic mass is 10.1. The Morgan fingerprint density at radius 2 is 1.87 bits per heavy atom. The highest BCUT2D eigenvalue weighted by Gasteiger charge is 2.36. The van der Waals surface area contributed by atoms with Gasteiger partial charge in [0.2, 0.25) is 0 Å². The van der Waals surface area contributed by atoms with E-state index in [1.165, 1.54) is 25.7 Å². The van der Waals surface area contributed by atoms with Crippen molar-refractivity contribution in [1.82, 2.24) is 5.32 Å². The molecule has 3 rings (SSSR count). The summed E-state index contributed by atoms with van der Waals surface area (Å²) in [5.74, 6) is -0.861. The van der Waals surface area contributed by atoms with Crippen molar-refractivity contribution in [2.75, 3.05) is 12.0 Å². The zero-order valence-electron chi connectivity index (χ0n) is 12.1. The number of nitrogens with one attached hydrogen (secondary N) is 1. The largest absolute Gasteiger partial charge is 0.497 e. The van der Waals surface area contributed by atoms with Crippen molar-refractivity contribution < 1.29 is 23.5 Å². The van der Waals surface area contributed by atoms with Crippen LogP contribution in [0.5, 0.6) is 5.75 Å². The minimum Gasteiger partial charge on any atom is -0.497 e. The van der Waals surface area contributed by atoms with Gasteiger partial charge in [0.1, 0.15) is 11.3 Å². The number of anilines is 1. The summed E-state index contributed by atoms with van der Waals surface area (Å²) in [7, 11) is 1.51.